The average Bonchev–Trinajstić information content (AvgIpc) is 2.32. The van der Waals surface area contributed by atoms with Crippen LogP contribution >= 0.6 is 0 Å². The van der Waals surface area contributed by atoms with Crippen molar-refractivity contribution in [1.29, 1.82) is 0 Å². The molecule has 0 aliphatic carbocycles. The zero-order chi connectivity index (χ0) is 12.7. The van der Waals surface area contributed by atoms with Crippen molar-refractivity contribution in [2.24, 2.45) is 11.1 Å². The first-order chi connectivity index (χ1) is 8.07. The summed E-state index contributed by atoms with van der Waals surface area (Å²) in [5.74, 6) is 0. The summed E-state index contributed by atoms with van der Waals surface area (Å²) in [5.41, 5.74) is 7.70. The molecule has 0 radical (unpaired) electrons. The van der Waals surface area contributed by atoms with Gasteiger partial charge >= 0.3 is 0 Å². The molecule has 1 rings (SSSR count). The molecule has 0 atom stereocenters. The lowest BCUT2D eigenvalue weighted by molar-refractivity contribution is -0.114. The second kappa shape index (κ2) is 6.52. The van der Waals surface area contributed by atoms with Crippen LogP contribution in [0.15, 0.2) is 24.3 Å². The average molecular weight is 234 g/mol. The van der Waals surface area contributed by atoms with Crippen molar-refractivity contribution in [2.45, 2.75) is 26.8 Å². The quantitative estimate of drug-likeness (QED) is 0.703. The highest BCUT2D eigenvalue weighted by Gasteiger charge is 2.15. The first-order valence-electron chi connectivity index (χ1n) is 6.02. The molecule has 94 valence electrons. The van der Waals surface area contributed by atoms with E-state index >= 15 is 0 Å². The molecular formula is C14H22N2O. The molecule has 0 unspecified atom stereocenters. The predicted molar refractivity (Wildman–Crippen MR) is 70.8 cm³/mol. The van der Waals surface area contributed by atoms with Gasteiger partial charge in [0.25, 0.3) is 0 Å². The Hall–Kier alpha value is -1.19. The minimum absolute atomic E-state index is 0.292. The van der Waals surface area contributed by atoms with E-state index in [0.717, 1.165) is 19.3 Å². The Morgan fingerprint density at radius 1 is 1.24 bits per heavy atom. The smallest absolute Gasteiger partial charge is 0.126 e. The van der Waals surface area contributed by atoms with Crippen LogP contribution in [-0.4, -0.2) is 19.4 Å². The van der Waals surface area contributed by atoms with E-state index in [-0.39, 0.29) is 5.41 Å². The molecule has 0 bridgehead atoms. The predicted octanol–water partition coefficient (Wildman–Crippen LogP) is 1.50. The van der Waals surface area contributed by atoms with Gasteiger partial charge in [-0.2, -0.15) is 0 Å². The van der Waals surface area contributed by atoms with E-state index in [4.69, 9.17) is 5.73 Å². The molecule has 0 aromatic heterocycles. The molecule has 17 heavy (non-hydrogen) atoms. The Balaban J connectivity index is 2.39. The maximum absolute atomic E-state index is 10.7. The third kappa shape index (κ3) is 5.11. The van der Waals surface area contributed by atoms with Crippen molar-refractivity contribution in [3.8, 4) is 0 Å². The van der Waals surface area contributed by atoms with Crippen LogP contribution in [0.1, 0.15) is 25.0 Å². The van der Waals surface area contributed by atoms with E-state index in [0.29, 0.717) is 13.1 Å². The van der Waals surface area contributed by atoms with Crippen molar-refractivity contribution in [1.82, 2.24) is 5.32 Å². The normalized spacial score (nSPS) is 11.5. The minimum atomic E-state index is -0.292. The molecule has 3 N–H and O–H groups in total. The molecule has 0 saturated heterocycles. The SMILES string of the molecule is CC(C)(C=O)CNCc1ccc(CCN)cc1. The first kappa shape index (κ1) is 13.9. The number of rotatable bonds is 7. The Labute approximate surface area is 103 Å². The number of nitrogens with one attached hydrogen (secondary N) is 1. The number of hydrogen-bond donors (Lipinski definition) is 2. The monoisotopic (exact) mass is 234 g/mol. The molecule has 0 saturated carbocycles. The molecule has 0 amide bonds. The highest BCUT2D eigenvalue weighted by Crippen LogP contribution is 2.09. The van der Waals surface area contributed by atoms with Crippen LogP contribution in [0.4, 0.5) is 0 Å². The topological polar surface area (TPSA) is 55.1 Å². The van der Waals surface area contributed by atoms with Crippen molar-refractivity contribution < 1.29 is 4.79 Å². The zero-order valence-electron chi connectivity index (χ0n) is 10.7. The van der Waals surface area contributed by atoms with Gasteiger partial charge < -0.3 is 15.8 Å². The summed E-state index contributed by atoms with van der Waals surface area (Å²) in [5, 5.41) is 3.29. The van der Waals surface area contributed by atoms with E-state index in [1.807, 2.05) is 13.8 Å². The standard InChI is InChI=1S/C14H22N2O/c1-14(2,11-17)10-16-9-13-5-3-12(4-6-13)7-8-15/h3-6,11,16H,7-10,15H2,1-2H3. The Morgan fingerprint density at radius 2 is 1.82 bits per heavy atom. The molecule has 3 heteroatoms. The Morgan fingerprint density at radius 3 is 2.35 bits per heavy atom. The lowest BCUT2D eigenvalue weighted by atomic mass is 9.96. The molecule has 0 aliphatic heterocycles. The van der Waals surface area contributed by atoms with E-state index in [1.54, 1.807) is 0 Å². The summed E-state index contributed by atoms with van der Waals surface area (Å²) < 4.78 is 0. The van der Waals surface area contributed by atoms with Gasteiger partial charge in [0.2, 0.25) is 0 Å². The highest BCUT2D eigenvalue weighted by molar-refractivity contribution is 5.58. The van der Waals surface area contributed by atoms with E-state index < -0.39 is 0 Å². The molecule has 1 aromatic carbocycles. The van der Waals surface area contributed by atoms with Gasteiger partial charge in [-0.3, -0.25) is 0 Å². The summed E-state index contributed by atoms with van der Waals surface area (Å²) in [6.07, 6.45) is 1.91. The van der Waals surface area contributed by atoms with E-state index in [1.165, 1.54) is 11.1 Å². The molecule has 0 heterocycles. The van der Waals surface area contributed by atoms with Crippen LogP contribution in [0.5, 0.6) is 0 Å². The maximum atomic E-state index is 10.7. The number of aldehydes is 1. The third-order valence-corrected chi connectivity index (χ3v) is 2.68. The zero-order valence-corrected chi connectivity index (χ0v) is 10.7. The fraction of sp³-hybridized carbons (Fsp3) is 0.500. The number of carbonyl (C=O) groups excluding carboxylic acids is 1. The summed E-state index contributed by atoms with van der Waals surface area (Å²) in [7, 11) is 0. The van der Waals surface area contributed by atoms with E-state index in [2.05, 4.69) is 29.6 Å². The molecule has 3 nitrogen and oxygen atoms in total. The van der Waals surface area contributed by atoms with Gasteiger partial charge in [0.1, 0.15) is 6.29 Å². The van der Waals surface area contributed by atoms with Gasteiger partial charge in [-0.05, 0) is 24.1 Å². The van der Waals surface area contributed by atoms with Gasteiger partial charge in [0.05, 0.1) is 0 Å². The first-order valence-corrected chi connectivity index (χ1v) is 6.02. The second-order valence-electron chi connectivity index (χ2n) is 5.07. The number of benzene rings is 1. The highest BCUT2D eigenvalue weighted by atomic mass is 16.1. The summed E-state index contributed by atoms with van der Waals surface area (Å²) in [6, 6.07) is 8.42. The fourth-order valence-electron chi connectivity index (χ4n) is 1.56. The van der Waals surface area contributed by atoms with Crippen molar-refractivity contribution >= 4 is 6.29 Å². The summed E-state index contributed by atoms with van der Waals surface area (Å²) >= 11 is 0. The lowest BCUT2D eigenvalue weighted by Gasteiger charge is -2.17. The Bertz CT molecular complexity index is 344. The van der Waals surface area contributed by atoms with Crippen LogP contribution in [0.2, 0.25) is 0 Å². The second-order valence-corrected chi connectivity index (χ2v) is 5.07. The van der Waals surface area contributed by atoms with Gasteiger partial charge in [-0.1, -0.05) is 38.1 Å². The van der Waals surface area contributed by atoms with Crippen LogP contribution in [0, 0.1) is 5.41 Å². The maximum Gasteiger partial charge on any atom is 0.126 e. The molecule has 0 spiro atoms. The molecule has 0 aliphatic rings. The number of carbonyl (C=O) groups is 1. The molecule has 1 aromatic rings. The largest absolute Gasteiger partial charge is 0.330 e. The molecule has 0 fully saturated rings. The van der Waals surface area contributed by atoms with Crippen LogP contribution < -0.4 is 11.1 Å². The van der Waals surface area contributed by atoms with Crippen LogP contribution in [0.3, 0.4) is 0 Å². The van der Waals surface area contributed by atoms with Crippen LogP contribution in [-0.2, 0) is 17.8 Å². The summed E-state index contributed by atoms with van der Waals surface area (Å²) in [6.45, 7) is 6.03. The Kier molecular flexibility index (Phi) is 5.32. The van der Waals surface area contributed by atoms with Crippen molar-refractivity contribution in [3.05, 3.63) is 35.4 Å². The fourth-order valence-corrected chi connectivity index (χ4v) is 1.56. The summed E-state index contributed by atoms with van der Waals surface area (Å²) in [4.78, 5) is 10.7. The molecular weight excluding hydrogens is 212 g/mol. The van der Waals surface area contributed by atoms with Gasteiger partial charge in [-0.15, -0.1) is 0 Å². The van der Waals surface area contributed by atoms with Gasteiger partial charge in [0, 0.05) is 18.5 Å². The van der Waals surface area contributed by atoms with E-state index in [9.17, 15) is 4.79 Å². The van der Waals surface area contributed by atoms with Crippen molar-refractivity contribution in [2.75, 3.05) is 13.1 Å². The number of nitrogens with two attached hydrogens (primary N) is 1. The van der Waals surface area contributed by atoms with Crippen LogP contribution in [0.25, 0.3) is 0 Å². The van der Waals surface area contributed by atoms with Gasteiger partial charge in [-0.25, -0.2) is 0 Å². The van der Waals surface area contributed by atoms with Gasteiger partial charge in [0.15, 0.2) is 0 Å². The minimum Gasteiger partial charge on any atom is -0.330 e. The lowest BCUT2D eigenvalue weighted by Crippen LogP contribution is -2.30. The number of hydrogen-bond acceptors (Lipinski definition) is 3. The third-order valence-electron chi connectivity index (χ3n) is 2.68. The van der Waals surface area contributed by atoms with Crippen molar-refractivity contribution in [3.63, 3.8) is 0 Å².